The van der Waals surface area contributed by atoms with Gasteiger partial charge in [-0.3, -0.25) is 0 Å². The molecule has 0 heteroatoms. The van der Waals surface area contributed by atoms with E-state index in [2.05, 4.69) is 58.0 Å². The second-order valence-electron chi connectivity index (χ2n) is 5.00. The third kappa shape index (κ3) is 2.11. The number of hydrogen-bond donors (Lipinski definition) is 0. The lowest BCUT2D eigenvalue weighted by atomic mass is 9.86. The van der Waals surface area contributed by atoms with Crippen molar-refractivity contribution in [2.24, 2.45) is 5.92 Å². The molecular weight excluding hydrogens is 192 g/mol. The molecule has 0 nitrogen and oxygen atoms in total. The van der Waals surface area contributed by atoms with Crippen molar-refractivity contribution in [2.45, 2.75) is 34.1 Å². The molecule has 1 atom stereocenters. The van der Waals surface area contributed by atoms with Gasteiger partial charge in [-0.2, -0.15) is 0 Å². The molecule has 0 bridgehead atoms. The van der Waals surface area contributed by atoms with Crippen molar-refractivity contribution >= 4 is 5.57 Å². The molecule has 1 aliphatic carbocycles. The lowest BCUT2D eigenvalue weighted by Crippen LogP contribution is -2.00. The molecule has 84 valence electrons. The Kier molecular flexibility index (Phi) is 3.00. The monoisotopic (exact) mass is 212 g/mol. The van der Waals surface area contributed by atoms with Crippen LogP contribution in [-0.4, -0.2) is 0 Å². The number of aryl methyl sites for hydroxylation is 2. The number of hydrogen-bond acceptors (Lipinski definition) is 0. The van der Waals surface area contributed by atoms with Crippen molar-refractivity contribution in [2.75, 3.05) is 0 Å². The maximum absolute atomic E-state index is 2.39. The molecule has 0 aromatic heterocycles. The third-order valence-electron chi connectivity index (χ3n) is 3.33. The quantitative estimate of drug-likeness (QED) is 0.634. The minimum Gasteiger partial charge on any atom is -0.0778 e. The summed E-state index contributed by atoms with van der Waals surface area (Å²) in [6.07, 6.45) is 5.94. The Labute approximate surface area is 98.7 Å². The van der Waals surface area contributed by atoms with Gasteiger partial charge in [0, 0.05) is 0 Å². The fourth-order valence-corrected chi connectivity index (χ4v) is 2.49. The molecule has 1 aromatic rings. The predicted octanol–water partition coefficient (Wildman–Crippen LogP) is 4.67. The molecular formula is C16H20. The largest absolute Gasteiger partial charge is 0.0778 e. The first kappa shape index (κ1) is 11.2. The molecule has 1 aromatic carbocycles. The van der Waals surface area contributed by atoms with Crippen LogP contribution >= 0.6 is 0 Å². The van der Waals surface area contributed by atoms with Gasteiger partial charge in [0.2, 0.25) is 0 Å². The first-order chi connectivity index (χ1) is 7.58. The Hall–Kier alpha value is -1.30. The highest BCUT2D eigenvalue weighted by Gasteiger charge is 2.12. The summed E-state index contributed by atoms with van der Waals surface area (Å²) < 4.78 is 0. The molecule has 0 fully saturated rings. The van der Waals surface area contributed by atoms with Crippen LogP contribution in [0.25, 0.3) is 5.57 Å². The fraction of sp³-hybridized carbons (Fsp3) is 0.375. The van der Waals surface area contributed by atoms with Crippen molar-refractivity contribution in [3.63, 3.8) is 0 Å². The third-order valence-corrected chi connectivity index (χ3v) is 3.33. The van der Waals surface area contributed by atoms with Crippen LogP contribution < -0.4 is 0 Å². The molecule has 0 amide bonds. The summed E-state index contributed by atoms with van der Waals surface area (Å²) in [6.45, 7) is 8.85. The second kappa shape index (κ2) is 4.29. The minimum atomic E-state index is 0.689. The first-order valence-corrected chi connectivity index (χ1v) is 6.04. The van der Waals surface area contributed by atoms with E-state index in [0.717, 1.165) is 0 Å². The van der Waals surface area contributed by atoms with E-state index >= 15 is 0 Å². The summed E-state index contributed by atoms with van der Waals surface area (Å²) in [6, 6.07) is 6.72. The molecule has 0 N–H and O–H groups in total. The summed E-state index contributed by atoms with van der Waals surface area (Å²) in [4.78, 5) is 0. The van der Waals surface area contributed by atoms with E-state index in [1.54, 1.807) is 0 Å². The summed E-state index contributed by atoms with van der Waals surface area (Å²) in [7, 11) is 0. The number of allylic oxidation sites excluding steroid dienone is 4. The zero-order valence-corrected chi connectivity index (χ0v) is 10.7. The van der Waals surface area contributed by atoms with E-state index in [4.69, 9.17) is 0 Å². The molecule has 0 heterocycles. The van der Waals surface area contributed by atoms with E-state index in [1.807, 2.05) is 0 Å². The number of rotatable bonds is 1. The van der Waals surface area contributed by atoms with Gasteiger partial charge in [0.25, 0.3) is 0 Å². The molecule has 0 spiro atoms. The van der Waals surface area contributed by atoms with Gasteiger partial charge in [0.1, 0.15) is 0 Å². The second-order valence-corrected chi connectivity index (χ2v) is 5.00. The predicted molar refractivity (Wildman–Crippen MR) is 71.4 cm³/mol. The van der Waals surface area contributed by atoms with Crippen LogP contribution in [0.15, 0.2) is 35.9 Å². The SMILES string of the molecule is CC1=CC(C)CC=C1c1ccc(C)cc1C. The van der Waals surface area contributed by atoms with Gasteiger partial charge in [0.05, 0.1) is 0 Å². The normalized spacial score (nSPS) is 20.4. The smallest absolute Gasteiger partial charge is 0.0155 e. The molecule has 2 rings (SSSR count). The Morgan fingerprint density at radius 3 is 2.50 bits per heavy atom. The van der Waals surface area contributed by atoms with E-state index in [9.17, 15) is 0 Å². The lowest BCUT2D eigenvalue weighted by molar-refractivity contribution is 0.732. The Balaban J connectivity index is 2.42. The highest BCUT2D eigenvalue weighted by Crippen LogP contribution is 2.32. The average molecular weight is 212 g/mol. The maximum Gasteiger partial charge on any atom is -0.0155 e. The van der Waals surface area contributed by atoms with Crippen LogP contribution in [-0.2, 0) is 0 Å². The summed E-state index contributed by atoms with van der Waals surface area (Å²) >= 11 is 0. The summed E-state index contributed by atoms with van der Waals surface area (Å²) in [5, 5.41) is 0. The average Bonchev–Trinajstić information content (AvgIpc) is 2.19. The van der Waals surface area contributed by atoms with Crippen LogP contribution in [0.1, 0.15) is 37.0 Å². The van der Waals surface area contributed by atoms with Crippen LogP contribution in [0, 0.1) is 19.8 Å². The van der Waals surface area contributed by atoms with Crippen molar-refractivity contribution < 1.29 is 0 Å². The minimum absolute atomic E-state index is 0.689. The first-order valence-electron chi connectivity index (χ1n) is 6.04. The lowest BCUT2D eigenvalue weighted by Gasteiger charge is -2.19. The van der Waals surface area contributed by atoms with Gasteiger partial charge >= 0.3 is 0 Å². The topological polar surface area (TPSA) is 0 Å². The van der Waals surface area contributed by atoms with Crippen LogP contribution in [0.2, 0.25) is 0 Å². The van der Waals surface area contributed by atoms with Crippen LogP contribution in [0.4, 0.5) is 0 Å². The van der Waals surface area contributed by atoms with Gasteiger partial charge in [-0.25, -0.2) is 0 Å². The molecule has 0 saturated carbocycles. The van der Waals surface area contributed by atoms with Crippen LogP contribution in [0.5, 0.6) is 0 Å². The summed E-state index contributed by atoms with van der Waals surface area (Å²) in [5.41, 5.74) is 6.97. The molecule has 0 radical (unpaired) electrons. The highest BCUT2D eigenvalue weighted by atomic mass is 14.2. The summed E-state index contributed by atoms with van der Waals surface area (Å²) in [5.74, 6) is 0.689. The van der Waals surface area contributed by atoms with E-state index in [0.29, 0.717) is 5.92 Å². The van der Waals surface area contributed by atoms with E-state index in [1.165, 1.54) is 34.3 Å². The van der Waals surface area contributed by atoms with Crippen molar-refractivity contribution in [1.29, 1.82) is 0 Å². The van der Waals surface area contributed by atoms with Gasteiger partial charge in [-0.05, 0) is 55.4 Å². The Morgan fingerprint density at radius 1 is 1.12 bits per heavy atom. The molecule has 16 heavy (non-hydrogen) atoms. The fourth-order valence-electron chi connectivity index (χ4n) is 2.49. The van der Waals surface area contributed by atoms with Crippen molar-refractivity contribution in [3.8, 4) is 0 Å². The molecule has 1 unspecified atom stereocenters. The highest BCUT2D eigenvalue weighted by molar-refractivity contribution is 5.81. The van der Waals surface area contributed by atoms with E-state index < -0.39 is 0 Å². The zero-order valence-electron chi connectivity index (χ0n) is 10.7. The standard InChI is InChI=1S/C16H20/c1-11-5-7-15(13(3)9-11)16-8-6-12(2)10-14(16)4/h5,7-10,12H,6H2,1-4H3. The van der Waals surface area contributed by atoms with Gasteiger partial charge in [-0.1, -0.05) is 42.8 Å². The maximum atomic E-state index is 2.39. The van der Waals surface area contributed by atoms with Crippen molar-refractivity contribution in [1.82, 2.24) is 0 Å². The molecule has 0 saturated heterocycles. The number of benzene rings is 1. The van der Waals surface area contributed by atoms with Gasteiger partial charge < -0.3 is 0 Å². The van der Waals surface area contributed by atoms with Crippen LogP contribution in [0.3, 0.4) is 0 Å². The van der Waals surface area contributed by atoms with Gasteiger partial charge in [-0.15, -0.1) is 0 Å². The van der Waals surface area contributed by atoms with E-state index in [-0.39, 0.29) is 0 Å². The van der Waals surface area contributed by atoms with Crippen molar-refractivity contribution in [3.05, 3.63) is 52.6 Å². The molecule has 0 aliphatic heterocycles. The Bertz CT molecular complexity index is 461. The molecule has 1 aliphatic rings. The Morgan fingerprint density at radius 2 is 1.88 bits per heavy atom. The zero-order chi connectivity index (χ0) is 11.7. The van der Waals surface area contributed by atoms with Gasteiger partial charge in [0.15, 0.2) is 0 Å².